The van der Waals surface area contributed by atoms with Crippen LogP contribution in [0.15, 0.2) is 24.4 Å². The zero-order valence-corrected chi connectivity index (χ0v) is 16.3. The van der Waals surface area contributed by atoms with Gasteiger partial charge in [0, 0.05) is 23.6 Å². The second kappa shape index (κ2) is 6.04. The van der Waals surface area contributed by atoms with Crippen molar-refractivity contribution in [2.24, 2.45) is 0 Å². The molecule has 2 aromatic carbocycles. The highest BCUT2D eigenvalue weighted by Crippen LogP contribution is 2.44. The predicted molar refractivity (Wildman–Crippen MR) is 108 cm³/mol. The first-order valence-electron chi connectivity index (χ1n) is 8.47. The highest BCUT2D eigenvalue weighted by molar-refractivity contribution is 7.22. The molecule has 1 aliphatic heterocycles. The van der Waals surface area contributed by atoms with E-state index in [-0.39, 0.29) is 6.10 Å². The van der Waals surface area contributed by atoms with Crippen molar-refractivity contribution < 1.29 is 9.47 Å². The Morgan fingerprint density at radius 3 is 2.93 bits per heavy atom. The number of ether oxygens (including phenoxy) is 2. The van der Waals surface area contributed by atoms with E-state index in [2.05, 4.69) is 23.0 Å². The molecule has 0 fully saturated rings. The third kappa shape index (κ3) is 2.63. The predicted octanol–water partition coefficient (Wildman–Crippen LogP) is 5.01. The number of aromatic nitrogens is 3. The van der Waals surface area contributed by atoms with Crippen LogP contribution in [0, 0.1) is 13.8 Å². The van der Waals surface area contributed by atoms with Crippen molar-refractivity contribution >= 4 is 44.2 Å². The Morgan fingerprint density at radius 1 is 1.26 bits per heavy atom. The topological polar surface area (TPSA) is 57.1 Å². The average Bonchev–Trinajstić information content (AvgIpc) is 3.24. The molecule has 0 saturated carbocycles. The number of hydrogen-bond acceptors (Lipinski definition) is 6. The van der Waals surface area contributed by atoms with Crippen LogP contribution in [0.4, 0.5) is 0 Å². The Labute approximate surface area is 165 Å². The van der Waals surface area contributed by atoms with Crippen molar-refractivity contribution in [3.63, 3.8) is 0 Å². The molecular weight excluding hydrogens is 382 g/mol. The molecular formula is C20H15ClN3O2S. The van der Waals surface area contributed by atoms with Gasteiger partial charge >= 0.3 is 0 Å². The maximum absolute atomic E-state index is 6.48. The third-order valence-electron chi connectivity index (χ3n) is 4.62. The summed E-state index contributed by atoms with van der Waals surface area (Å²) in [5.41, 5.74) is 5.51. The summed E-state index contributed by atoms with van der Waals surface area (Å²) in [6.07, 6.45) is 2.29. The van der Waals surface area contributed by atoms with Crippen LogP contribution in [0.2, 0.25) is 5.02 Å². The molecule has 0 aliphatic carbocycles. The van der Waals surface area contributed by atoms with Gasteiger partial charge in [0.1, 0.15) is 22.4 Å². The summed E-state index contributed by atoms with van der Waals surface area (Å²) >= 11 is 8.08. The Hall–Kier alpha value is -2.44. The van der Waals surface area contributed by atoms with Gasteiger partial charge in [0.15, 0.2) is 0 Å². The fourth-order valence-corrected chi connectivity index (χ4v) is 4.89. The van der Waals surface area contributed by atoms with Gasteiger partial charge in [-0.2, -0.15) is 0 Å². The first kappa shape index (κ1) is 16.7. The quantitative estimate of drug-likeness (QED) is 0.476. The number of thiazole rings is 1. The molecule has 5 nitrogen and oxygen atoms in total. The SMILES string of the molecule is [CH2][C@@H]1Cc2c(cc(Cl)c3nc(-c4cc(C)cc5nc(OC)cnc45)sc23)O1. The fraction of sp³-hybridized carbons (Fsp3) is 0.200. The zero-order chi connectivity index (χ0) is 18.7. The number of nitrogens with zero attached hydrogens (tertiary/aromatic N) is 3. The summed E-state index contributed by atoms with van der Waals surface area (Å²) in [4.78, 5) is 13.9. The van der Waals surface area contributed by atoms with Crippen LogP contribution in [0.5, 0.6) is 11.6 Å². The maximum Gasteiger partial charge on any atom is 0.232 e. The van der Waals surface area contributed by atoms with Gasteiger partial charge in [0.05, 0.1) is 34.1 Å². The molecule has 5 rings (SSSR count). The Bertz CT molecular complexity index is 1220. The Balaban J connectivity index is 1.77. The standard InChI is InChI=1S/C20H15ClN3O2S/c1-9-4-12(17-14(5-9)23-16(25-3)8-22-17)20-24-18-13(21)7-15-11(19(18)27-20)6-10(2)26-15/h4-5,7-8,10H,2,6H2,1,3H3/t10-/m1/s1. The van der Waals surface area contributed by atoms with E-state index in [0.29, 0.717) is 10.9 Å². The van der Waals surface area contributed by atoms with E-state index in [9.17, 15) is 0 Å². The average molecular weight is 397 g/mol. The fourth-order valence-electron chi connectivity index (χ4n) is 3.44. The van der Waals surface area contributed by atoms with Crippen LogP contribution < -0.4 is 9.47 Å². The van der Waals surface area contributed by atoms with Crippen molar-refractivity contribution in [2.75, 3.05) is 7.11 Å². The number of aryl methyl sites for hydroxylation is 1. The molecule has 1 aliphatic rings. The Morgan fingerprint density at radius 2 is 2.11 bits per heavy atom. The molecule has 0 amide bonds. The minimum atomic E-state index is -0.0923. The summed E-state index contributed by atoms with van der Waals surface area (Å²) < 4.78 is 12.0. The van der Waals surface area contributed by atoms with Gasteiger partial charge in [-0.3, -0.25) is 0 Å². The third-order valence-corrected chi connectivity index (χ3v) is 6.05. The highest BCUT2D eigenvalue weighted by Gasteiger charge is 2.26. The van der Waals surface area contributed by atoms with Crippen LogP contribution in [0.1, 0.15) is 11.1 Å². The highest BCUT2D eigenvalue weighted by atomic mass is 35.5. The molecule has 3 heterocycles. The molecule has 0 spiro atoms. The summed E-state index contributed by atoms with van der Waals surface area (Å²) in [5, 5.41) is 1.45. The van der Waals surface area contributed by atoms with E-state index < -0.39 is 0 Å². The number of fused-ring (bicyclic) bond motifs is 4. The van der Waals surface area contributed by atoms with Gasteiger partial charge in [-0.1, -0.05) is 11.6 Å². The van der Waals surface area contributed by atoms with Gasteiger partial charge in [0.25, 0.3) is 0 Å². The lowest BCUT2D eigenvalue weighted by Gasteiger charge is -2.06. The van der Waals surface area contributed by atoms with Crippen LogP contribution in [-0.2, 0) is 6.42 Å². The van der Waals surface area contributed by atoms with Crippen LogP contribution in [-0.4, -0.2) is 28.2 Å². The zero-order valence-electron chi connectivity index (χ0n) is 14.7. The van der Waals surface area contributed by atoms with E-state index in [4.69, 9.17) is 26.1 Å². The summed E-state index contributed by atoms with van der Waals surface area (Å²) in [6.45, 7) is 6.04. The van der Waals surface area contributed by atoms with E-state index in [0.717, 1.165) is 55.1 Å². The summed E-state index contributed by atoms with van der Waals surface area (Å²) in [7, 11) is 1.58. The van der Waals surface area contributed by atoms with Crippen LogP contribution >= 0.6 is 22.9 Å². The van der Waals surface area contributed by atoms with E-state index in [1.165, 1.54) is 0 Å². The van der Waals surface area contributed by atoms with Gasteiger partial charge in [-0.05, 0) is 31.5 Å². The normalized spacial score (nSPS) is 15.9. The summed E-state index contributed by atoms with van der Waals surface area (Å²) in [5.74, 6) is 1.30. The number of methoxy groups -OCH3 is 1. The lowest BCUT2D eigenvalue weighted by Crippen LogP contribution is -2.05. The molecule has 1 atom stereocenters. The second-order valence-corrected chi connectivity index (χ2v) is 7.97. The Kier molecular flexibility index (Phi) is 3.74. The molecule has 7 heteroatoms. The molecule has 0 unspecified atom stereocenters. The first-order chi connectivity index (χ1) is 13.0. The van der Waals surface area contributed by atoms with E-state index in [1.807, 2.05) is 19.1 Å². The number of hydrogen-bond donors (Lipinski definition) is 0. The summed E-state index contributed by atoms with van der Waals surface area (Å²) in [6, 6.07) is 5.91. The van der Waals surface area contributed by atoms with Crippen molar-refractivity contribution in [3.8, 4) is 22.2 Å². The second-order valence-electron chi connectivity index (χ2n) is 6.57. The number of halogens is 1. The maximum atomic E-state index is 6.48. The smallest absolute Gasteiger partial charge is 0.232 e. The van der Waals surface area contributed by atoms with E-state index >= 15 is 0 Å². The molecule has 2 aromatic heterocycles. The van der Waals surface area contributed by atoms with E-state index in [1.54, 1.807) is 24.6 Å². The largest absolute Gasteiger partial charge is 0.490 e. The minimum absolute atomic E-state index is 0.0923. The van der Waals surface area contributed by atoms with Crippen molar-refractivity contribution in [1.82, 2.24) is 15.0 Å². The number of rotatable bonds is 2. The lowest BCUT2D eigenvalue weighted by molar-refractivity contribution is 0.281. The molecule has 4 aromatic rings. The molecule has 1 radical (unpaired) electrons. The van der Waals surface area contributed by atoms with Crippen molar-refractivity contribution in [2.45, 2.75) is 19.4 Å². The van der Waals surface area contributed by atoms with Crippen LogP contribution in [0.25, 0.3) is 31.8 Å². The van der Waals surface area contributed by atoms with Gasteiger partial charge in [-0.15, -0.1) is 11.3 Å². The monoisotopic (exact) mass is 396 g/mol. The lowest BCUT2D eigenvalue weighted by atomic mass is 10.1. The number of benzene rings is 2. The van der Waals surface area contributed by atoms with Crippen molar-refractivity contribution in [1.29, 1.82) is 0 Å². The molecule has 0 N–H and O–H groups in total. The van der Waals surface area contributed by atoms with Gasteiger partial charge in [-0.25, -0.2) is 15.0 Å². The minimum Gasteiger partial charge on any atom is -0.490 e. The van der Waals surface area contributed by atoms with Gasteiger partial charge < -0.3 is 9.47 Å². The molecule has 27 heavy (non-hydrogen) atoms. The van der Waals surface area contributed by atoms with Crippen LogP contribution in [0.3, 0.4) is 0 Å². The first-order valence-corrected chi connectivity index (χ1v) is 9.66. The van der Waals surface area contributed by atoms with Crippen molar-refractivity contribution in [3.05, 3.63) is 47.5 Å². The molecule has 0 saturated heterocycles. The van der Waals surface area contributed by atoms with Gasteiger partial charge in [0.2, 0.25) is 5.88 Å². The molecule has 0 bridgehead atoms. The molecule has 135 valence electrons.